The van der Waals surface area contributed by atoms with Crippen molar-refractivity contribution in [3.8, 4) is 0 Å². The minimum Gasteiger partial charge on any atom is -0.147 e. The van der Waals surface area contributed by atoms with E-state index in [0.29, 0.717) is 0 Å². The highest BCUT2D eigenvalue weighted by Gasteiger charge is 0.187. The molecule has 0 amide bonds. The van der Waals surface area contributed by atoms with Gasteiger partial charge in [-0.2, -0.15) is 0 Å². The van der Waals surface area contributed by atoms with Crippen LogP contribution in [0.2, 0.25) is 0 Å². The van der Waals surface area contributed by atoms with E-state index < -0.39 is 0 Å². The van der Waals surface area contributed by atoms with Crippen LogP contribution in [-0.2, 0) is 0 Å². The Morgan fingerprint density at radius 3 is 0.750 bits per heavy atom. The van der Waals surface area contributed by atoms with Crippen LogP contribution in [0.15, 0.2) is 0 Å². The molecule has 0 saturated heterocycles. The van der Waals surface area contributed by atoms with Crippen molar-refractivity contribution >= 4 is 59.2 Å². The first-order chi connectivity index (χ1) is 0. The van der Waals surface area contributed by atoms with Gasteiger partial charge < -0.3 is 0 Å². The number of rotatable bonds is 0. The summed E-state index contributed by atoms with van der Waals surface area (Å²) >= 11 is 0. The van der Waals surface area contributed by atoms with Gasteiger partial charge in [0.15, 0.2) is 17.4 Å². The quantitative estimate of drug-likeness (QED) is 0.473. The first-order valence-electron chi connectivity index (χ1n) is 0. The molecule has 0 aromatic carbocycles. The van der Waals surface area contributed by atoms with Crippen LogP contribution >= 0.6 is 41.8 Å². The maximum absolute atomic E-state index is 0. The molecule has 0 heterocycles. The Balaban J connectivity index is 0. The molecule has 0 unspecified atom stereocenters. The molecular formula is H6AlBrCl2. The van der Waals surface area contributed by atoms with Crippen molar-refractivity contribution in [3.05, 3.63) is 0 Å². The van der Waals surface area contributed by atoms with Crippen LogP contribution in [0.3, 0.4) is 0 Å². The van der Waals surface area contributed by atoms with Crippen LogP contribution in [0.4, 0.5) is 0 Å². The molecule has 0 bridgehead atoms. The molecule has 4 heavy (non-hydrogen) atoms. The first kappa shape index (κ1) is 46.5. The van der Waals surface area contributed by atoms with E-state index in [0.717, 1.165) is 0 Å². The lowest BCUT2D eigenvalue weighted by Crippen LogP contribution is -0.381. The van der Waals surface area contributed by atoms with Crippen molar-refractivity contribution in [2.75, 3.05) is 0 Å². The molecule has 0 fully saturated rings. The van der Waals surface area contributed by atoms with Crippen molar-refractivity contribution in [1.82, 2.24) is 0 Å². The minimum atomic E-state index is 0. The third kappa shape index (κ3) is 9.52. The first-order valence-corrected chi connectivity index (χ1v) is 0. The van der Waals surface area contributed by atoms with Gasteiger partial charge in [0, 0.05) is 0 Å². The van der Waals surface area contributed by atoms with Crippen LogP contribution in [0, 0.1) is 0 Å². The van der Waals surface area contributed by atoms with E-state index in [1.807, 2.05) is 0 Å². The van der Waals surface area contributed by atoms with Gasteiger partial charge in [0.25, 0.3) is 0 Å². The molecule has 0 aliphatic carbocycles. The second kappa shape index (κ2) is 23.4. The Morgan fingerprint density at radius 2 is 0.750 bits per heavy atom. The smallest absolute Gasteiger partial charge is 0.147 e. The Morgan fingerprint density at radius 1 is 0.750 bits per heavy atom. The third-order valence-electron chi connectivity index (χ3n) is 0. The molecule has 0 saturated carbocycles. The monoisotopic (exact) mass is 182 g/mol. The molecular weight excluding hydrogens is 178 g/mol. The summed E-state index contributed by atoms with van der Waals surface area (Å²) in [4.78, 5) is 0. The molecule has 0 spiro atoms. The van der Waals surface area contributed by atoms with E-state index >= 15 is 0 Å². The van der Waals surface area contributed by atoms with Gasteiger partial charge in [-0.3, -0.25) is 0 Å². The Bertz CT molecular complexity index is 6.00. The third-order valence-corrected chi connectivity index (χ3v) is 0. The molecule has 0 aliphatic heterocycles. The SMILES string of the molecule is Br.Cl.Cl.[AlH3]. The zero-order chi connectivity index (χ0) is 0. The van der Waals surface area contributed by atoms with Gasteiger partial charge in [0.1, 0.15) is 0 Å². The Labute approximate surface area is 59.1 Å². The number of hydrogen-bond acceptors (Lipinski definition) is 0. The lowest BCUT2D eigenvalue weighted by atomic mass is 27.0. The summed E-state index contributed by atoms with van der Waals surface area (Å²) in [5.74, 6) is 0. The summed E-state index contributed by atoms with van der Waals surface area (Å²) in [6.07, 6.45) is 0. The molecule has 0 aromatic rings. The van der Waals surface area contributed by atoms with Crippen molar-refractivity contribution in [1.29, 1.82) is 0 Å². The van der Waals surface area contributed by atoms with Crippen molar-refractivity contribution in [3.63, 3.8) is 0 Å². The highest BCUT2D eigenvalue weighted by molar-refractivity contribution is 8.93. The molecule has 4 heteroatoms. The van der Waals surface area contributed by atoms with E-state index in [9.17, 15) is 0 Å². The average molecular weight is 184 g/mol. The maximum Gasteiger partial charge on any atom is 0.187 e. The van der Waals surface area contributed by atoms with E-state index in [2.05, 4.69) is 0 Å². The van der Waals surface area contributed by atoms with E-state index in [4.69, 9.17) is 0 Å². The summed E-state index contributed by atoms with van der Waals surface area (Å²) in [6, 6.07) is 0. The van der Waals surface area contributed by atoms with Gasteiger partial charge in [-0.1, -0.05) is 0 Å². The van der Waals surface area contributed by atoms with E-state index in [1.165, 1.54) is 0 Å². The van der Waals surface area contributed by atoms with Gasteiger partial charge in [-0.05, 0) is 0 Å². The van der Waals surface area contributed by atoms with Gasteiger partial charge in [-0.25, -0.2) is 0 Å². The minimum absolute atomic E-state index is 0. The summed E-state index contributed by atoms with van der Waals surface area (Å²) in [6.45, 7) is 0. The van der Waals surface area contributed by atoms with Gasteiger partial charge >= 0.3 is 0 Å². The largest absolute Gasteiger partial charge is 0.187 e. The lowest BCUT2D eigenvalue weighted by molar-refractivity contribution is 5.75. The predicted octanol–water partition coefficient (Wildman–Crippen LogP) is 0.238. The summed E-state index contributed by atoms with van der Waals surface area (Å²) in [5.41, 5.74) is 0. The molecule has 0 rings (SSSR count). The Kier molecular flexibility index (Phi) is 272. The average Bonchev–Trinajstić information content (AvgIpc) is 0. The standard InChI is InChI=1S/Al.BrH.2ClH.3H/h;3*1H;;;. The molecule has 0 N–H and O–H groups in total. The van der Waals surface area contributed by atoms with Crippen LogP contribution in [-0.4, -0.2) is 17.4 Å². The van der Waals surface area contributed by atoms with E-state index in [1.54, 1.807) is 0 Å². The molecule has 0 atom stereocenters. The van der Waals surface area contributed by atoms with Crippen molar-refractivity contribution in [2.24, 2.45) is 0 Å². The summed E-state index contributed by atoms with van der Waals surface area (Å²) in [7, 11) is 0. The highest BCUT2D eigenvalue weighted by atomic mass is 79.9. The fourth-order valence-electron chi connectivity index (χ4n) is 0. The van der Waals surface area contributed by atoms with Crippen molar-refractivity contribution < 1.29 is 0 Å². The predicted molar refractivity (Wildman–Crippen MR) is 34.8 cm³/mol. The van der Waals surface area contributed by atoms with Crippen molar-refractivity contribution in [2.45, 2.75) is 0 Å². The Hall–Kier alpha value is 1.59. The fraction of sp³-hybridized carbons (Fsp3) is 0. The molecule has 30 valence electrons. The second-order valence-electron chi connectivity index (χ2n) is 0. The summed E-state index contributed by atoms with van der Waals surface area (Å²) in [5, 5.41) is 0. The maximum atomic E-state index is 0. The fourth-order valence-corrected chi connectivity index (χ4v) is 0. The van der Waals surface area contributed by atoms with Gasteiger partial charge in [-0.15, -0.1) is 41.8 Å². The molecule has 0 aromatic heterocycles. The van der Waals surface area contributed by atoms with Crippen LogP contribution in [0.5, 0.6) is 0 Å². The lowest BCUT2D eigenvalue weighted by Gasteiger charge is -0.148. The number of hydrogen-bond donors (Lipinski definition) is 0. The van der Waals surface area contributed by atoms with Gasteiger partial charge in [0.05, 0.1) is 0 Å². The number of halogens is 3. The van der Waals surface area contributed by atoms with Crippen LogP contribution < -0.4 is 0 Å². The molecule has 0 radical (unpaired) electrons. The van der Waals surface area contributed by atoms with Gasteiger partial charge in [0.2, 0.25) is 0 Å². The van der Waals surface area contributed by atoms with Crippen LogP contribution in [0.25, 0.3) is 0 Å². The van der Waals surface area contributed by atoms with Crippen LogP contribution in [0.1, 0.15) is 0 Å². The molecule has 0 aliphatic rings. The normalized spacial score (nSPS) is 0. The zero-order valence-corrected chi connectivity index (χ0v) is 4.57. The topological polar surface area (TPSA) is 0 Å². The zero-order valence-electron chi connectivity index (χ0n) is 1.22. The summed E-state index contributed by atoms with van der Waals surface area (Å²) < 4.78 is 0. The second-order valence-corrected chi connectivity index (χ2v) is 0. The highest BCUT2D eigenvalue weighted by Crippen LogP contribution is 0.846. The van der Waals surface area contributed by atoms with E-state index in [-0.39, 0.29) is 59.2 Å². The molecule has 0 nitrogen and oxygen atoms in total.